The number of benzene rings is 2. The Morgan fingerprint density at radius 3 is 2.26 bits per heavy atom. The van der Waals surface area contributed by atoms with Gasteiger partial charge in [0.25, 0.3) is 0 Å². The molecule has 0 fully saturated rings. The van der Waals surface area contributed by atoms with Gasteiger partial charge in [0.05, 0.1) is 24.6 Å². The topological polar surface area (TPSA) is 76.7 Å². The van der Waals surface area contributed by atoms with Gasteiger partial charge in [0.2, 0.25) is 0 Å². The summed E-state index contributed by atoms with van der Waals surface area (Å²) < 4.78 is 40.3. The SMILES string of the molecule is CCOc1ccc(OCC)c(NS(=O)(=O)Nc2ccccc2)c1. The third kappa shape index (κ3) is 5.07. The number of hydrogen-bond acceptors (Lipinski definition) is 4. The van der Waals surface area contributed by atoms with Crippen molar-refractivity contribution in [3.05, 3.63) is 48.5 Å². The maximum absolute atomic E-state index is 12.3. The summed E-state index contributed by atoms with van der Waals surface area (Å²) in [6, 6.07) is 13.6. The number of hydrogen-bond donors (Lipinski definition) is 2. The standard InChI is InChI=1S/C16H20N2O4S/c1-3-21-14-10-11-16(22-4-2)15(12-14)18-23(19,20)17-13-8-6-5-7-9-13/h5-12,17-18H,3-4H2,1-2H3. The van der Waals surface area contributed by atoms with E-state index in [1.54, 1.807) is 42.5 Å². The normalized spacial score (nSPS) is 10.9. The van der Waals surface area contributed by atoms with Gasteiger partial charge in [0.1, 0.15) is 11.5 Å². The Bertz CT molecular complexity index is 733. The second kappa shape index (κ2) is 7.73. The van der Waals surface area contributed by atoms with E-state index < -0.39 is 10.2 Å². The molecule has 7 heteroatoms. The van der Waals surface area contributed by atoms with Crippen LogP contribution in [0.25, 0.3) is 0 Å². The first kappa shape index (κ1) is 17.0. The van der Waals surface area contributed by atoms with Crippen LogP contribution >= 0.6 is 0 Å². The quantitative estimate of drug-likeness (QED) is 0.776. The highest BCUT2D eigenvalue weighted by atomic mass is 32.2. The van der Waals surface area contributed by atoms with Crippen LogP contribution in [0.5, 0.6) is 11.5 Å². The van der Waals surface area contributed by atoms with E-state index in [4.69, 9.17) is 9.47 Å². The van der Waals surface area contributed by atoms with Gasteiger partial charge in [-0.3, -0.25) is 9.44 Å². The fraction of sp³-hybridized carbons (Fsp3) is 0.250. The maximum atomic E-state index is 12.3. The molecule has 0 aliphatic rings. The molecular formula is C16H20N2O4S. The van der Waals surface area contributed by atoms with Crippen LogP contribution in [-0.4, -0.2) is 21.6 Å². The Morgan fingerprint density at radius 1 is 0.913 bits per heavy atom. The molecule has 2 rings (SSSR count). The Labute approximate surface area is 136 Å². The van der Waals surface area contributed by atoms with Gasteiger partial charge in [-0.15, -0.1) is 0 Å². The number of para-hydroxylation sites is 1. The summed E-state index contributed by atoms with van der Waals surface area (Å²) in [6.45, 7) is 4.60. The molecule has 0 aromatic heterocycles. The Balaban J connectivity index is 2.23. The van der Waals surface area contributed by atoms with Crippen LogP contribution in [0.4, 0.5) is 11.4 Å². The predicted octanol–water partition coefficient (Wildman–Crippen LogP) is 3.25. The van der Waals surface area contributed by atoms with E-state index in [-0.39, 0.29) is 0 Å². The molecule has 0 atom stereocenters. The van der Waals surface area contributed by atoms with Crippen LogP contribution in [0.1, 0.15) is 13.8 Å². The van der Waals surface area contributed by atoms with E-state index >= 15 is 0 Å². The van der Waals surface area contributed by atoms with Crippen LogP contribution in [-0.2, 0) is 10.2 Å². The van der Waals surface area contributed by atoms with Gasteiger partial charge in [-0.25, -0.2) is 0 Å². The molecule has 0 saturated carbocycles. The lowest BCUT2D eigenvalue weighted by atomic mass is 10.3. The molecule has 23 heavy (non-hydrogen) atoms. The van der Waals surface area contributed by atoms with Crippen molar-refractivity contribution in [2.75, 3.05) is 22.7 Å². The van der Waals surface area contributed by atoms with E-state index in [2.05, 4.69) is 9.44 Å². The summed E-state index contributed by atoms with van der Waals surface area (Å²) in [5.74, 6) is 1.00. The van der Waals surface area contributed by atoms with E-state index in [0.29, 0.717) is 36.1 Å². The zero-order valence-electron chi connectivity index (χ0n) is 13.1. The van der Waals surface area contributed by atoms with E-state index in [1.807, 2.05) is 19.9 Å². The average Bonchev–Trinajstić information content (AvgIpc) is 2.50. The lowest BCUT2D eigenvalue weighted by molar-refractivity contribution is 0.332. The molecule has 124 valence electrons. The van der Waals surface area contributed by atoms with Crippen LogP contribution in [0.2, 0.25) is 0 Å². The zero-order chi connectivity index (χ0) is 16.7. The first-order valence-electron chi connectivity index (χ1n) is 7.29. The second-order valence-corrected chi connectivity index (χ2v) is 6.01. The van der Waals surface area contributed by atoms with Gasteiger partial charge >= 0.3 is 10.2 Å². The first-order chi connectivity index (χ1) is 11.0. The molecule has 0 aliphatic heterocycles. The summed E-state index contributed by atoms with van der Waals surface area (Å²) in [5.41, 5.74) is 0.792. The molecular weight excluding hydrogens is 316 g/mol. The maximum Gasteiger partial charge on any atom is 0.321 e. The minimum absolute atomic E-state index is 0.321. The van der Waals surface area contributed by atoms with E-state index in [1.165, 1.54) is 0 Å². The van der Waals surface area contributed by atoms with Gasteiger partial charge in [0.15, 0.2) is 0 Å². The van der Waals surface area contributed by atoms with Crippen LogP contribution in [0, 0.1) is 0 Å². The van der Waals surface area contributed by atoms with Crippen molar-refractivity contribution in [1.82, 2.24) is 0 Å². The van der Waals surface area contributed by atoms with Gasteiger partial charge in [-0.1, -0.05) is 18.2 Å². The van der Waals surface area contributed by atoms with Crippen molar-refractivity contribution in [2.24, 2.45) is 0 Å². The van der Waals surface area contributed by atoms with E-state index in [9.17, 15) is 8.42 Å². The Hall–Kier alpha value is -2.41. The first-order valence-corrected chi connectivity index (χ1v) is 8.77. The molecule has 2 aromatic carbocycles. The van der Waals surface area contributed by atoms with Crippen molar-refractivity contribution < 1.29 is 17.9 Å². The van der Waals surface area contributed by atoms with Gasteiger partial charge in [0, 0.05) is 6.07 Å². The number of ether oxygens (including phenoxy) is 2. The summed E-state index contributed by atoms with van der Waals surface area (Å²) in [4.78, 5) is 0. The molecule has 0 heterocycles. The van der Waals surface area contributed by atoms with Gasteiger partial charge in [-0.05, 0) is 38.1 Å². The third-order valence-electron chi connectivity index (χ3n) is 2.83. The monoisotopic (exact) mass is 336 g/mol. The lowest BCUT2D eigenvalue weighted by Crippen LogP contribution is -2.22. The van der Waals surface area contributed by atoms with Gasteiger partial charge < -0.3 is 9.47 Å². The molecule has 6 nitrogen and oxygen atoms in total. The average molecular weight is 336 g/mol. The summed E-state index contributed by atoms with van der Waals surface area (Å²) in [7, 11) is -3.80. The van der Waals surface area contributed by atoms with Crippen molar-refractivity contribution in [1.29, 1.82) is 0 Å². The highest BCUT2D eigenvalue weighted by Gasteiger charge is 2.14. The molecule has 0 saturated heterocycles. The minimum atomic E-state index is -3.80. The Morgan fingerprint density at radius 2 is 1.61 bits per heavy atom. The smallest absolute Gasteiger partial charge is 0.321 e. The molecule has 0 amide bonds. The molecule has 0 spiro atoms. The van der Waals surface area contributed by atoms with Crippen molar-refractivity contribution in [2.45, 2.75) is 13.8 Å². The molecule has 2 N–H and O–H groups in total. The summed E-state index contributed by atoms with van der Waals surface area (Å²) in [6.07, 6.45) is 0. The minimum Gasteiger partial charge on any atom is -0.494 e. The van der Waals surface area contributed by atoms with Crippen molar-refractivity contribution >= 4 is 21.6 Å². The fourth-order valence-corrected chi connectivity index (χ4v) is 2.90. The fourth-order valence-electron chi connectivity index (χ4n) is 1.96. The predicted molar refractivity (Wildman–Crippen MR) is 91.4 cm³/mol. The summed E-state index contributed by atoms with van der Waals surface area (Å²) >= 11 is 0. The highest BCUT2D eigenvalue weighted by Crippen LogP contribution is 2.30. The molecule has 0 radical (unpaired) electrons. The Kier molecular flexibility index (Phi) is 5.70. The van der Waals surface area contributed by atoms with E-state index in [0.717, 1.165) is 0 Å². The highest BCUT2D eigenvalue weighted by molar-refractivity contribution is 7.94. The molecule has 2 aromatic rings. The number of nitrogens with one attached hydrogen (secondary N) is 2. The third-order valence-corrected chi connectivity index (χ3v) is 3.83. The van der Waals surface area contributed by atoms with Gasteiger partial charge in [-0.2, -0.15) is 8.42 Å². The van der Waals surface area contributed by atoms with Crippen molar-refractivity contribution in [3.8, 4) is 11.5 Å². The lowest BCUT2D eigenvalue weighted by Gasteiger charge is -2.15. The van der Waals surface area contributed by atoms with Crippen molar-refractivity contribution in [3.63, 3.8) is 0 Å². The van der Waals surface area contributed by atoms with Crippen LogP contribution in [0.3, 0.4) is 0 Å². The zero-order valence-corrected chi connectivity index (χ0v) is 13.9. The second-order valence-electron chi connectivity index (χ2n) is 4.60. The molecule has 0 bridgehead atoms. The largest absolute Gasteiger partial charge is 0.494 e. The molecule has 0 unspecified atom stereocenters. The molecule has 0 aliphatic carbocycles. The number of rotatable bonds is 8. The van der Waals surface area contributed by atoms with Crippen LogP contribution < -0.4 is 18.9 Å². The van der Waals surface area contributed by atoms with Crippen LogP contribution in [0.15, 0.2) is 48.5 Å². The number of anilines is 2. The summed E-state index contributed by atoms with van der Waals surface area (Å²) in [5, 5.41) is 0.